The van der Waals surface area contributed by atoms with E-state index in [1.165, 1.54) is 5.56 Å². The highest BCUT2D eigenvalue weighted by Crippen LogP contribution is 2.14. The van der Waals surface area contributed by atoms with Crippen LogP contribution in [-0.2, 0) is 11.3 Å². The van der Waals surface area contributed by atoms with E-state index in [1.807, 2.05) is 59.5 Å². The molecule has 0 aliphatic carbocycles. The number of aryl methyl sites for hydroxylation is 1. The molecule has 1 saturated heterocycles. The van der Waals surface area contributed by atoms with Crippen LogP contribution in [-0.4, -0.2) is 69.2 Å². The second kappa shape index (κ2) is 9.53. The van der Waals surface area contributed by atoms with Crippen LogP contribution < -0.4 is 4.74 Å². The van der Waals surface area contributed by atoms with Crippen molar-refractivity contribution >= 4 is 12.0 Å². The quantitative estimate of drug-likeness (QED) is 0.572. The van der Waals surface area contributed by atoms with Gasteiger partial charge in [0.15, 0.2) is 5.82 Å². The predicted octanol–water partition coefficient (Wildman–Crippen LogP) is 2.34. The van der Waals surface area contributed by atoms with E-state index >= 15 is 0 Å². The van der Waals surface area contributed by atoms with Gasteiger partial charge in [0.1, 0.15) is 5.75 Å². The van der Waals surface area contributed by atoms with Crippen LogP contribution in [0.2, 0.25) is 0 Å². The molecule has 1 fully saturated rings. The average molecular weight is 419 g/mol. The van der Waals surface area contributed by atoms with Gasteiger partial charge in [-0.1, -0.05) is 29.8 Å². The molecule has 0 N–H and O–H groups in total. The summed E-state index contributed by atoms with van der Waals surface area (Å²) in [6.07, 6.45) is 3.47. The minimum atomic E-state index is 0.0277. The lowest BCUT2D eigenvalue weighted by Crippen LogP contribution is -2.48. The highest BCUT2D eigenvalue weighted by molar-refractivity contribution is 5.91. The molecule has 31 heavy (non-hydrogen) atoms. The second-order valence-corrected chi connectivity index (χ2v) is 7.55. The van der Waals surface area contributed by atoms with E-state index < -0.39 is 0 Å². The molecule has 2 aromatic carbocycles. The number of benzene rings is 2. The molecule has 1 amide bonds. The summed E-state index contributed by atoms with van der Waals surface area (Å²) in [5.74, 6) is 1.62. The SMILES string of the molecule is COc1ccc(/C=C\C(=O)N2CCN(Cc3nnnn3-c3ccc(C)cc3)CC2)cc1. The summed E-state index contributed by atoms with van der Waals surface area (Å²) in [6, 6.07) is 15.7. The van der Waals surface area contributed by atoms with Crippen LogP contribution in [0.15, 0.2) is 54.6 Å². The average Bonchev–Trinajstić information content (AvgIpc) is 3.27. The van der Waals surface area contributed by atoms with Gasteiger partial charge in [0, 0.05) is 32.3 Å². The molecule has 160 valence electrons. The molecule has 2 heterocycles. The van der Waals surface area contributed by atoms with Gasteiger partial charge in [-0.25, -0.2) is 0 Å². The number of ether oxygens (including phenoxy) is 1. The lowest BCUT2D eigenvalue weighted by Gasteiger charge is -2.33. The maximum Gasteiger partial charge on any atom is 0.246 e. The number of nitrogens with zero attached hydrogens (tertiary/aromatic N) is 6. The number of hydrogen-bond acceptors (Lipinski definition) is 6. The summed E-state index contributed by atoms with van der Waals surface area (Å²) in [7, 11) is 1.64. The third kappa shape index (κ3) is 5.16. The van der Waals surface area contributed by atoms with Crippen molar-refractivity contribution in [2.45, 2.75) is 13.5 Å². The fourth-order valence-electron chi connectivity index (χ4n) is 3.51. The predicted molar refractivity (Wildman–Crippen MR) is 118 cm³/mol. The fraction of sp³-hybridized carbons (Fsp3) is 0.304. The third-order valence-corrected chi connectivity index (χ3v) is 5.40. The van der Waals surface area contributed by atoms with Gasteiger partial charge in [-0.15, -0.1) is 5.10 Å². The third-order valence-electron chi connectivity index (χ3n) is 5.40. The van der Waals surface area contributed by atoms with Gasteiger partial charge in [0.25, 0.3) is 0 Å². The van der Waals surface area contributed by atoms with Gasteiger partial charge >= 0.3 is 0 Å². The number of amides is 1. The van der Waals surface area contributed by atoms with Crippen LogP contribution in [0.25, 0.3) is 11.8 Å². The van der Waals surface area contributed by atoms with E-state index in [2.05, 4.69) is 27.3 Å². The standard InChI is InChI=1S/C23H26N6O2/c1-18-3-8-20(9-4-18)29-22(24-25-26-29)17-27-13-15-28(16-14-27)23(30)12-7-19-5-10-21(31-2)11-6-19/h3-12H,13-17H2,1-2H3/b12-7-. The van der Waals surface area contributed by atoms with Crippen LogP contribution in [0.5, 0.6) is 5.75 Å². The van der Waals surface area contributed by atoms with Gasteiger partial charge in [-0.3, -0.25) is 9.69 Å². The van der Waals surface area contributed by atoms with Crippen LogP contribution in [0.3, 0.4) is 0 Å². The Kier molecular flexibility index (Phi) is 6.37. The van der Waals surface area contributed by atoms with Crippen molar-refractivity contribution in [3.05, 3.63) is 71.6 Å². The maximum atomic E-state index is 12.5. The molecule has 0 radical (unpaired) electrons. The van der Waals surface area contributed by atoms with Gasteiger partial charge in [-0.2, -0.15) is 4.68 Å². The first-order chi connectivity index (χ1) is 15.1. The normalized spacial score (nSPS) is 14.8. The number of carbonyl (C=O) groups is 1. The summed E-state index contributed by atoms with van der Waals surface area (Å²) in [5.41, 5.74) is 3.11. The topological polar surface area (TPSA) is 76.4 Å². The highest BCUT2D eigenvalue weighted by atomic mass is 16.5. The molecule has 1 aliphatic rings. The Hall–Kier alpha value is -3.52. The van der Waals surface area contributed by atoms with Crippen LogP contribution in [0.4, 0.5) is 0 Å². The van der Waals surface area contributed by atoms with Gasteiger partial charge in [0.2, 0.25) is 5.91 Å². The summed E-state index contributed by atoms with van der Waals surface area (Å²) < 4.78 is 6.93. The lowest BCUT2D eigenvalue weighted by molar-refractivity contribution is -0.127. The van der Waals surface area contributed by atoms with E-state index in [0.717, 1.165) is 35.9 Å². The Morgan fingerprint density at radius 2 is 1.74 bits per heavy atom. The first kappa shape index (κ1) is 20.7. The number of rotatable bonds is 6. The summed E-state index contributed by atoms with van der Waals surface area (Å²) in [4.78, 5) is 16.7. The molecule has 0 spiro atoms. The van der Waals surface area contributed by atoms with E-state index in [1.54, 1.807) is 17.9 Å². The minimum absolute atomic E-state index is 0.0277. The Morgan fingerprint density at radius 3 is 2.42 bits per heavy atom. The Morgan fingerprint density at radius 1 is 1.03 bits per heavy atom. The first-order valence-corrected chi connectivity index (χ1v) is 10.3. The Bertz CT molecular complexity index is 1030. The molecule has 4 rings (SSSR count). The number of piperazine rings is 1. The maximum absolute atomic E-state index is 12.5. The smallest absolute Gasteiger partial charge is 0.246 e. The monoisotopic (exact) mass is 418 g/mol. The molecule has 1 aliphatic heterocycles. The van der Waals surface area contributed by atoms with E-state index in [-0.39, 0.29) is 5.91 Å². The summed E-state index contributed by atoms with van der Waals surface area (Å²) >= 11 is 0. The van der Waals surface area contributed by atoms with Crippen molar-refractivity contribution in [2.24, 2.45) is 0 Å². The molecule has 1 aromatic heterocycles. The van der Waals surface area contributed by atoms with Crippen molar-refractivity contribution in [1.29, 1.82) is 0 Å². The minimum Gasteiger partial charge on any atom is -0.497 e. The second-order valence-electron chi connectivity index (χ2n) is 7.55. The van der Waals surface area contributed by atoms with Crippen molar-refractivity contribution in [2.75, 3.05) is 33.3 Å². The highest BCUT2D eigenvalue weighted by Gasteiger charge is 2.21. The number of tetrazole rings is 1. The molecule has 8 nitrogen and oxygen atoms in total. The summed E-state index contributed by atoms with van der Waals surface area (Å²) in [6.45, 7) is 5.61. The van der Waals surface area contributed by atoms with Crippen molar-refractivity contribution < 1.29 is 9.53 Å². The van der Waals surface area contributed by atoms with Gasteiger partial charge < -0.3 is 9.64 Å². The number of carbonyl (C=O) groups excluding carboxylic acids is 1. The molecular weight excluding hydrogens is 392 g/mol. The van der Waals surface area contributed by atoms with E-state index in [4.69, 9.17) is 4.74 Å². The van der Waals surface area contributed by atoms with Crippen molar-refractivity contribution in [1.82, 2.24) is 30.0 Å². The zero-order valence-electron chi connectivity index (χ0n) is 17.8. The van der Waals surface area contributed by atoms with Crippen molar-refractivity contribution in [3.8, 4) is 11.4 Å². The molecular formula is C23H26N6O2. The zero-order valence-corrected chi connectivity index (χ0v) is 17.8. The molecule has 8 heteroatoms. The number of methoxy groups -OCH3 is 1. The fourth-order valence-corrected chi connectivity index (χ4v) is 3.51. The van der Waals surface area contributed by atoms with E-state index in [0.29, 0.717) is 19.6 Å². The summed E-state index contributed by atoms with van der Waals surface area (Å²) in [5, 5.41) is 12.2. The largest absolute Gasteiger partial charge is 0.497 e. The van der Waals surface area contributed by atoms with Crippen LogP contribution in [0, 0.1) is 6.92 Å². The van der Waals surface area contributed by atoms with Gasteiger partial charge in [-0.05, 0) is 53.3 Å². The Labute approximate surface area is 181 Å². The number of hydrogen-bond donors (Lipinski definition) is 0. The van der Waals surface area contributed by atoms with Gasteiger partial charge in [0.05, 0.1) is 19.3 Å². The van der Waals surface area contributed by atoms with E-state index in [9.17, 15) is 4.79 Å². The lowest BCUT2D eigenvalue weighted by atomic mass is 10.2. The first-order valence-electron chi connectivity index (χ1n) is 10.3. The van der Waals surface area contributed by atoms with Crippen LogP contribution >= 0.6 is 0 Å². The molecule has 0 atom stereocenters. The molecule has 0 unspecified atom stereocenters. The number of aromatic nitrogens is 4. The Balaban J connectivity index is 1.31. The van der Waals surface area contributed by atoms with Crippen molar-refractivity contribution in [3.63, 3.8) is 0 Å². The molecule has 3 aromatic rings. The zero-order chi connectivity index (χ0) is 21.6. The molecule has 0 bridgehead atoms. The molecule has 0 saturated carbocycles. The van der Waals surface area contributed by atoms with Crippen LogP contribution in [0.1, 0.15) is 17.0 Å².